The molecule has 1 atom stereocenters. The molecule has 2 N–H and O–H groups in total. The van der Waals surface area contributed by atoms with Gasteiger partial charge in [-0.1, -0.05) is 18.2 Å². The molecule has 2 amide bonds. The lowest BCUT2D eigenvalue weighted by molar-refractivity contribution is -0.122. The van der Waals surface area contributed by atoms with Gasteiger partial charge in [0.25, 0.3) is 5.91 Å². The van der Waals surface area contributed by atoms with E-state index < -0.39 is 11.9 Å². The molecule has 1 aromatic carbocycles. The van der Waals surface area contributed by atoms with Gasteiger partial charge in [-0.3, -0.25) is 9.59 Å². The minimum Gasteiger partial charge on any atom is -0.439 e. The Morgan fingerprint density at radius 3 is 2.82 bits per heavy atom. The predicted octanol–water partition coefficient (Wildman–Crippen LogP) is 3.51. The van der Waals surface area contributed by atoms with Gasteiger partial charge in [-0.15, -0.1) is 11.3 Å². The molecule has 0 fully saturated rings. The number of pyridine rings is 1. The fraction of sp³-hybridized carbons (Fsp3) is 0.150. The first kappa shape index (κ1) is 19.5. The van der Waals surface area contributed by atoms with Crippen molar-refractivity contribution in [3.63, 3.8) is 0 Å². The van der Waals surface area contributed by atoms with Crippen LogP contribution in [0.1, 0.15) is 22.2 Å². The van der Waals surface area contributed by atoms with Crippen molar-refractivity contribution in [3.05, 3.63) is 76.4 Å². The molecule has 28 heavy (non-hydrogen) atoms. The van der Waals surface area contributed by atoms with Gasteiger partial charge in [-0.25, -0.2) is 9.37 Å². The zero-order chi connectivity index (χ0) is 19.9. The summed E-state index contributed by atoms with van der Waals surface area (Å²) in [4.78, 5) is 29.0. The van der Waals surface area contributed by atoms with E-state index in [0.29, 0.717) is 16.2 Å². The Kier molecular flexibility index (Phi) is 6.33. The standard InChI is InChI=1S/C20H18FN3O3S/c1-13(24-19(26)17-8-4-10-28-17)18(25)23-12-14-5-3-9-22-20(14)27-16-7-2-6-15(21)11-16/h2-11,13H,12H2,1H3,(H,23,25)(H,24,26). The summed E-state index contributed by atoms with van der Waals surface area (Å²) in [5, 5.41) is 7.19. The average molecular weight is 399 g/mol. The number of hydrogen-bond donors (Lipinski definition) is 2. The molecule has 144 valence electrons. The van der Waals surface area contributed by atoms with Crippen LogP contribution in [0.25, 0.3) is 0 Å². The third-order valence-electron chi connectivity index (χ3n) is 3.80. The summed E-state index contributed by atoms with van der Waals surface area (Å²) in [7, 11) is 0. The predicted molar refractivity (Wildman–Crippen MR) is 104 cm³/mol. The molecule has 0 bridgehead atoms. The maximum Gasteiger partial charge on any atom is 0.261 e. The van der Waals surface area contributed by atoms with Crippen molar-refractivity contribution in [2.75, 3.05) is 0 Å². The van der Waals surface area contributed by atoms with Gasteiger partial charge in [0.15, 0.2) is 0 Å². The zero-order valence-electron chi connectivity index (χ0n) is 15.0. The third-order valence-corrected chi connectivity index (χ3v) is 4.67. The number of amides is 2. The van der Waals surface area contributed by atoms with Crippen LogP contribution in [0.15, 0.2) is 60.1 Å². The number of carbonyl (C=O) groups excluding carboxylic acids is 2. The van der Waals surface area contributed by atoms with Crippen LogP contribution in [0, 0.1) is 5.82 Å². The molecule has 0 radical (unpaired) electrons. The van der Waals surface area contributed by atoms with Gasteiger partial charge in [0.1, 0.15) is 17.6 Å². The van der Waals surface area contributed by atoms with Crippen molar-refractivity contribution in [2.45, 2.75) is 19.5 Å². The number of carbonyl (C=O) groups is 2. The fourth-order valence-corrected chi connectivity index (χ4v) is 3.00. The Morgan fingerprint density at radius 1 is 1.21 bits per heavy atom. The number of thiophene rings is 1. The summed E-state index contributed by atoms with van der Waals surface area (Å²) in [6.07, 6.45) is 1.55. The highest BCUT2D eigenvalue weighted by molar-refractivity contribution is 7.12. The minimum atomic E-state index is -0.709. The van der Waals surface area contributed by atoms with E-state index in [-0.39, 0.29) is 24.2 Å². The van der Waals surface area contributed by atoms with Gasteiger partial charge >= 0.3 is 0 Å². The molecule has 0 saturated carbocycles. The fourth-order valence-electron chi connectivity index (χ4n) is 2.37. The first-order valence-electron chi connectivity index (χ1n) is 8.52. The zero-order valence-corrected chi connectivity index (χ0v) is 15.8. The van der Waals surface area contributed by atoms with Crippen molar-refractivity contribution >= 4 is 23.2 Å². The molecule has 3 rings (SSSR count). The molecule has 6 nitrogen and oxygen atoms in total. The van der Waals surface area contributed by atoms with Gasteiger partial charge in [0.05, 0.1) is 4.88 Å². The highest BCUT2D eigenvalue weighted by atomic mass is 32.1. The number of nitrogens with zero attached hydrogens (tertiary/aromatic N) is 1. The molecule has 1 unspecified atom stereocenters. The number of nitrogens with one attached hydrogen (secondary N) is 2. The molecule has 3 aromatic rings. The molecule has 8 heteroatoms. The maximum atomic E-state index is 13.3. The van der Waals surface area contributed by atoms with Crippen molar-refractivity contribution in [1.82, 2.24) is 15.6 Å². The topological polar surface area (TPSA) is 80.3 Å². The van der Waals surface area contributed by atoms with E-state index in [1.165, 1.54) is 29.5 Å². The Balaban J connectivity index is 1.59. The van der Waals surface area contributed by atoms with Crippen LogP contribution in [0.5, 0.6) is 11.6 Å². The maximum absolute atomic E-state index is 13.3. The molecule has 2 aromatic heterocycles. The van der Waals surface area contributed by atoms with Crippen LogP contribution in [0.4, 0.5) is 4.39 Å². The van der Waals surface area contributed by atoms with E-state index in [0.717, 1.165) is 0 Å². The summed E-state index contributed by atoms with van der Waals surface area (Å²) in [5.74, 6) is -0.482. The number of rotatable bonds is 7. The van der Waals surface area contributed by atoms with Crippen LogP contribution in [0.3, 0.4) is 0 Å². The van der Waals surface area contributed by atoms with Gasteiger partial charge in [-0.2, -0.15) is 0 Å². The molecule has 0 saturated heterocycles. The van der Waals surface area contributed by atoms with Gasteiger partial charge < -0.3 is 15.4 Å². The summed E-state index contributed by atoms with van der Waals surface area (Å²) in [6, 6.07) is 11.9. The van der Waals surface area contributed by atoms with E-state index in [4.69, 9.17) is 4.74 Å². The number of ether oxygens (including phenoxy) is 1. The van der Waals surface area contributed by atoms with Gasteiger partial charge in [0.2, 0.25) is 11.8 Å². The summed E-state index contributed by atoms with van der Waals surface area (Å²) >= 11 is 1.30. The Labute approximate surface area is 165 Å². The van der Waals surface area contributed by atoms with Crippen LogP contribution in [-0.2, 0) is 11.3 Å². The second-order valence-electron chi connectivity index (χ2n) is 5.92. The molecular weight excluding hydrogens is 381 g/mol. The first-order chi connectivity index (χ1) is 13.5. The second-order valence-corrected chi connectivity index (χ2v) is 6.87. The molecule has 0 aliphatic carbocycles. The number of benzene rings is 1. The molecule has 0 spiro atoms. The van der Waals surface area contributed by atoms with Crippen LogP contribution in [-0.4, -0.2) is 22.8 Å². The Bertz CT molecular complexity index is 963. The lowest BCUT2D eigenvalue weighted by Gasteiger charge is -2.15. The van der Waals surface area contributed by atoms with Crippen molar-refractivity contribution in [1.29, 1.82) is 0 Å². The van der Waals surface area contributed by atoms with E-state index >= 15 is 0 Å². The van der Waals surface area contributed by atoms with Crippen molar-refractivity contribution < 1.29 is 18.7 Å². The van der Waals surface area contributed by atoms with E-state index in [1.807, 2.05) is 0 Å². The lowest BCUT2D eigenvalue weighted by atomic mass is 10.2. The van der Waals surface area contributed by atoms with Crippen molar-refractivity contribution in [3.8, 4) is 11.6 Å². The third kappa shape index (κ3) is 5.14. The average Bonchev–Trinajstić information content (AvgIpc) is 3.22. The van der Waals surface area contributed by atoms with Crippen LogP contribution < -0.4 is 15.4 Å². The summed E-state index contributed by atoms with van der Waals surface area (Å²) < 4.78 is 19.0. The smallest absolute Gasteiger partial charge is 0.261 e. The normalized spacial score (nSPS) is 11.5. The van der Waals surface area contributed by atoms with E-state index in [2.05, 4.69) is 15.6 Å². The number of hydrogen-bond acceptors (Lipinski definition) is 5. The summed E-state index contributed by atoms with van der Waals surface area (Å²) in [5.41, 5.74) is 0.622. The number of aromatic nitrogens is 1. The first-order valence-corrected chi connectivity index (χ1v) is 9.40. The Hall–Kier alpha value is -3.26. The quantitative estimate of drug-likeness (QED) is 0.637. The monoisotopic (exact) mass is 399 g/mol. The minimum absolute atomic E-state index is 0.149. The van der Waals surface area contributed by atoms with Gasteiger partial charge in [0, 0.05) is 24.4 Å². The largest absolute Gasteiger partial charge is 0.439 e. The van der Waals surface area contributed by atoms with Crippen LogP contribution in [0.2, 0.25) is 0 Å². The van der Waals surface area contributed by atoms with E-state index in [9.17, 15) is 14.0 Å². The SMILES string of the molecule is CC(NC(=O)c1cccs1)C(=O)NCc1cccnc1Oc1cccc(F)c1. The highest BCUT2D eigenvalue weighted by Crippen LogP contribution is 2.23. The van der Waals surface area contributed by atoms with Crippen LogP contribution >= 0.6 is 11.3 Å². The summed E-state index contributed by atoms with van der Waals surface area (Å²) in [6.45, 7) is 1.75. The second kappa shape index (κ2) is 9.09. The molecule has 2 heterocycles. The molecular formula is C20H18FN3O3S. The molecule has 0 aliphatic rings. The van der Waals surface area contributed by atoms with Gasteiger partial charge in [-0.05, 0) is 36.6 Å². The Morgan fingerprint density at radius 2 is 2.07 bits per heavy atom. The lowest BCUT2D eigenvalue weighted by Crippen LogP contribution is -2.44. The molecule has 0 aliphatic heterocycles. The van der Waals surface area contributed by atoms with E-state index in [1.54, 1.807) is 48.8 Å². The number of halogens is 1. The highest BCUT2D eigenvalue weighted by Gasteiger charge is 2.17. The van der Waals surface area contributed by atoms with Crippen molar-refractivity contribution in [2.24, 2.45) is 0 Å².